The van der Waals surface area contributed by atoms with Gasteiger partial charge in [-0.1, -0.05) is 11.6 Å². The number of likely N-dealkylation sites (tertiary alicyclic amines) is 1. The maximum Gasteiger partial charge on any atom is 0.255 e. The molecule has 2 rings (SSSR count). The van der Waals surface area contributed by atoms with E-state index in [1.54, 1.807) is 24.1 Å². The molecule has 1 atom stereocenters. The zero-order valence-corrected chi connectivity index (χ0v) is 9.78. The molecule has 1 aliphatic rings. The van der Waals surface area contributed by atoms with E-state index in [1.165, 1.54) is 6.20 Å². The van der Waals surface area contributed by atoms with Crippen LogP contribution in [0.5, 0.6) is 0 Å². The Morgan fingerprint density at radius 2 is 2.44 bits per heavy atom. The van der Waals surface area contributed by atoms with Gasteiger partial charge in [0, 0.05) is 26.4 Å². The largest absolute Gasteiger partial charge is 0.380 e. The topological polar surface area (TPSA) is 42.4 Å². The summed E-state index contributed by atoms with van der Waals surface area (Å²) in [7, 11) is 1.67. The maximum absolute atomic E-state index is 12.0. The molecule has 86 valence electrons. The minimum Gasteiger partial charge on any atom is -0.380 e. The SMILES string of the molecule is COC1CCN(C(=O)c2ccc(Cl)nc2)C1. The lowest BCUT2D eigenvalue weighted by Crippen LogP contribution is -2.29. The van der Waals surface area contributed by atoms with E-state index in [2.05, 4.69) is 4.98 Å². The third-order valence-corrected chi connectivity index (χ3v) is 2.96. The van der Waals surface area contributed by atoms with Crippen molar-refractivity contribution in [2.24, 2.45) is 0 Å². The molecule has 0 N–H and O–H groups in total. The third-order valence-electron chi connectivity index (χ3n) is 2.74. The molecule has 1 amide bonds. The molecule has 0 bridgehead atoms. The van der Waals surface area contributed by atoms with E-state index < -0.39 is 0 Å². The summed E-state index contributed by atoms with van der Waals surface area (Å²) in [5.74, 6) is -0.0104. The minimum absolute atomic E-state index is 0.0104. The van der Waals surface area contributed by atoms with E-state index in [-0.39, 0.29) is 12.0 Å². The fraction of sp³-hybridized carbons (Fsp3) is 0.455. The van der Waals surface area contributed by atoms with Crippen molar-refractivity contribution in [1.82, 2.24) is 9.88 Å². The Kier molecular flexibility index (Phi) is 3.41. The summed E-state index contributed by atoms with van der Waals surface area (Å²) in [5.41, 5.74) is 0.571. The molecule has 0 aromatic carbocycles. The van der Waals surface area contributed by atoms with Crippen molar-refractivity contribution >= 4 is 17.5 Å². The number of hydrogen-bond acceptors (Lipinski definition) is 3. The third kappa shape index (κ3) is 2.33. The molecule has 1 aromatic rings. The van der Waals surface area contributed by atoms with Gasteiger partial charge in [-0.15, -0.1) is 0 Å². The van der Waals surface area contributed by atoms with Crippen LogP contribution in [0.3, 0.4) is 0 Å². The van der Waals surface area contributed by atoms with Crippen LogP contribution in [0.15, 0.2) is 18.3 Å². The van der Waals surface area contributed by atoms with Gasteiger partial charge in [-0.2, -0.15) is 0 Å². The van der Waals surface area contributed by atoms with E-state index in [1.807, 2.05) is 0 Å². The number of methoxy groups -OCH3 is 1. The molecule has 5 heteroatoms. The van der Waals surface area contributed by atoms with E-state index in [9.17, 15) is 4.79 Å². The summed E-state index contributed by atoms with van der Waals surface area (Å²) in [5, 5.41) is 0.396. The van der Waals surface area contributed by atoms with Crippen LogP contribution in [0.1, 0.15) is 16.8 Å². The first-order valence-electron chi connectivity index (χ1n) is 5.14. The minimum atomic E-state index is -0.0104. The van der Waals surface area contributed by atoms with E-state index in [0.717, 1.165) is 13.0 Å². The number of ether oxygens (including phenoxy) is 1. The first-order chi connectivity index (χ1) is 7.70. The molecule has 16 heavy (non-hydrogen) atoms. The number of pyridine rings is 1. The summed E-state index contributed by atoms with van der Waals surface area (Å²) < 4.78 is 5.22. The molecule has 1 unspecified atom stereocenters. The second-order valence-corrected chi connectivity index (χ2v) is 4.15. The molecule has 1 aliphatic heterocycles. The fourth-order valence-corrected chi connectivity index (χ4v) is 1.90. The number of carbonyl (C=O) groups is 1. The van der Waals surface area contributed by atoms with Gasteiger partial charge >= 0.3 is 0 Å². The highest BCUT2D eigenvalue weighted by Crippen LogP contribution is 2.15. The van der Waals surface area contributed by atoms with Gasteiger partial charge in [0.25, 0.3) is 5.91 Å². The van der Waals surface area contributed by atoms with E-state index in [0.29, 0.717) is 17.3 Å². The molecule has 1 aromatic heterocycles. The average Bonchev–Trinajstić information content (AvgIpc) is 2.77. The summed E-state index contributed by atoms with van der Waals surface area (Å²) in [6, 6.07) is 3.32. The number of halogens is 1. The highest BCUT2D eigenvalue weighted by molar-refractivity contribution is 6.29. The van der Waals surface area contributed by atoms with Crippen LogP contribution in [-0.4, -0.2) is 42.1 Å². The number of aromatic nitrogens is 1. The smallest absolute Gasteiger partial charge is 0.255 e. The van der Waals surface area contributed by atoms with Crippen LogP contribution in [0, 0.1) is 0 Å². The summed E-state index contributed by atoms with van der Waals surface area (Å²) in [6.45, 7) is 1.39. The van der Waals surface area contributed by atoms with Gasteiger partial charge in [0.2, 0.25) is 0 Å². The average molecular weight is 241 g/mol. The van der Waals surface area contributed by atoms with Crippen LogP contribution in [-0.2, 0) is 4.74 Å². The van der Waals surface area contributed by atoms with Crippen molar-refractivity contribution < 1.29 is 9.53 Å². The zero-order valence-electron chi connectivity index (χ0n) is 9.02. The van der Waals surface area contributed by atoms with Gasteiger partial charge in [-0.25, -0.2) is 4.98 Å². The number of carbonyl (C=O) groups excluding carboxylic acids is 1. The van der Waals surface area contributed by atoms with Crippen LogP contribution in [0.2, 0.25) is 5.15 Å². The number of nitrogens with zero attached hydrogens (tertiary/aromatic N) is 2. The summed E-state index contributed by atoms with van der Waals surface area (Å²) in [4.78, 5) is 17.7. The van der Waals surface area contributed by atoms with Gasteiger partial charge < -0.3 is 9.64 Å². The molecule has 2 heterocycles. The lowest BCUT2D eigenvalue weighted by atomic mass is 10.2. The predicted octanol–water partition coefficient (Wildman–Crippen LogP) is 1.60. The first kappa shape index (κ1) is 11.4. The second-order valence-electron chi connectivity index (χ2n) is 3.77. The van der Waals surface area contributed by atoms with Gasteiger partial charge in [-0.05, 0) is 18.6 Å². The van der Waals surface area contributed by atoms with Gasteiger partial charge in [0.1, 0.15) is 5.15 Å². The lowest BCUT2D eigenvalue weighted by Gasteiger charge is -2.15. The molecule has 1 saturated heterocycles. The van der Waals surface area contributed by atoms with Crippen molar-refractivity contribution in [3.63, 3.8) is 0 Å². The monoisotopic (exact) mass is 240 g/mol. The van der Waals surface area contributed by atoms with Crippen LogP contribution < -0.4 is 0 Å². The molecule has 4 nitrogen and oxygen atoms in total. The maximum atomic E-state index is 12.0. The standard InChI is InChI=1S/C11H13ClN2O2/c1-16-9-4-5-14(7-9)11(15)8-2-3-10(12)13-6-8/h2-3,6,9H,4-5,7H2,1H3. The number of rotatable bonds is 2. The molecule has 0 saturated carbocycles. The molecule has 1 fully saturated rings. The van der Waals surface area contributed by atoms with Gasteiger partial charge in [0.05, 0.1) is 11.7 Å². The summed E-state index contributed by atoms with van der Waals surface area (Å²) in [6.07, 6.45) is 2.55. The molecular formula is C11H13ClN2O2. The molecule has 0 radical (unpaired) electrons. The normalized spacial score (nSPS) is 20.1. The Hall–Kier alpha value is -1.13. The number of amides is 1. The predicted molar refractivity (Wildman–Crippen MR) is 60.6 cm³/mol. The quantitative estimate of drug-likeness (QED) is 0.738. The Morgan fingerprint density at radius 3 is 3.00 bits per heavy atom. The molecule has 0 spiro atoms. The van der Waals surface area contributed by atoms with E-state index in [4.69, 9.17) is 16.3 Å². The van der Waals surface area contributed by atoms with Crippen LogP contribution in [0.25, 0.3) is 0 Å². The van der Waals surface area contributed by atoms with Crippen molar-refractivity contribution in [2.45, 2.75) is 12.5 Å². The zero-order chi connectivity index (χ0) is 11.5. The van der Waals surface area contributed by atoms with Crippen molar-refractivity contribution in [3.05, 3.63) is 29.0 Å². The van der Waals surface area contributed by atoms with Crippen molar-refractivity contribution in [1.29, 1.82) is 0 Å². The highest BCUT2D eigenvalue weighted by Gasteiger charge is 2.26. The van der Waals surface area contributed by atoms with Crippen molar-refractivity contribution in [3.8, 4) is 0 Å². The molecular weight excluding hydrogens is 228 g/mol. The Labute approximate surface area is 99.2 Å². The Bertz CT molecular complexity index is 380. The summed E-state index contributed by atoms with van der Waals surface area (Å²) >= 11 is 5.67. The number of hydrogen-bond donors (Lipinski definition) is 0. The molecule has 0 aliphatic carbocycles. The Morgan fingerprint density at radius 1 is 1.62 bits per heavy atom. The van der Waals surface area contributed by atoms with E-state index >= 15 is 0 Å². The first-order valence-corrected chi connectivity index (χ1v) is 5.52. The second kappa shape index (κ2) is 4.80. The van der Waals surface area contributed by atoms with Gasteiger partial charge in [0.15, 0.2) is 0 Å². The highest BCUT2D eigenvalue weighted by atomic mass is 35.5. The lowest BCUT2D eigenvalue weighted by molar-refractivity contribution is 0.0724. The van der Waals surface area contributed by atoms with Crippen LogP contribution in [0.4, 0.5) is 0 Å². The Balaban J connectivity index is 2.05. The van der Waals surface area contributed by atoms with Gasteiger partial charge in [-0.3, -0.25) is 4.79 Å². The van der Waals surface area contributed by atoms with Crippen LogP contribution >= 0.6 is 11.6 Å². The van der Waals surface area contributed by atoms with Crippen molar-refractivity contribution in [2.75, 3.05) is 20.2 Å². The fourth-order valence-electron chi connectivity index (χ4n) is 1.79.